The lowest BCUT2D eigenvalue weighted by atomic mass is 9.73. The smallest absolute Gasteiger partial charge is 0.328 e. The maximum atomic E-state index is 13.0. The second-order valence-electron chi connectivity index (χ2n) is 10.2. The molecule has 2 unspecified atom stereocenters. The lowest BCUT2D eigenvalue weighted by Gasteiger charge is -2.31. The molecule has 0 radical (unpaired) electrons. The molecule has 0 aliphatic heterocycles. The number of rotatable bonds is 6. The molecule has 0 spiro atoms. The van der Waals surface area contributed by atoms with E-state index in [4.69, 9.17) is 4.52 Å². The summed E-state index contributed by atoms with van der Waals surface area (Å²) >= 11 is 0. The summed E-state index contributed by atoms with van der Waals surface area (Å²) in [5.74, 6) is -0.996. The SMILES string of the molecule is CC(N=C1CC(C)(C)CC(=O)C1=C(O)CCc1noc2c1C(=O)CC(c1ccccc1)C2)C(=O)O. The van der Waals surface area contributed by atoms with Gasteiger partial charge in [-0.2, -0.15) is 0 Å². The number of aliphatic carboxylic acids is 1. The lowest BCUT2D eigenvalue weighted by Crippen LogP contribution is -2.34. The molecule has 0 bridgehead atoms. The number of allylic oxidation sites excluding steroid dienone is 2. The third kappa shape index (κ3) is 5.26. The Hall–Kier alpha value is -3.55. The second kappa shape index (κ2) is 9.60. The van der Waals surface area contributed by atoms with Crippen molar-refractivity contribution in [2.75, 3.05) is 0 Å². The lowest BCUT2D eigenvalue weighted by molar-refractivity contribution is -0.138. The fraction of sp³-hybridized carbons (Fsp3) is 0.444. The highest BCUT2D eigenvalue weighted by Gasteiger charge is 2.37. The minimum absolute atomic E-state index is 0.0331. The van der Waals surface area contributed by atoms with Gasteiger partial charge in [-0.15, -0.1) is 0 Å². The first-order valence-corrected chi connectivity index (χ1v) is 11.9. The number of aliphatic imine (C=N–C) groups is 1. The molecule has 184 valence electrons. The van der Waals surface area contributed by atoms with Crippen molar-refractivity contribution < 1.29 is 29.1 Å². The summed E-state index contributed by atoms with van der Waals surface area (Å²) in [5, 5.41) is 24.3. The van der Waals surface area contributed by atoms with E-state index in [0.29, 0.717) is 42.0 Å². The predicted molar refractivity (Wildman–Crippen MR) is 129 cm³/mol. The Balaban J connectivity index is 1.56. The number of carbonyl (C=O) groups is 3. The first-order chi connectivity index (χ1) is 16.6. The number of carboxylic acids is 1. The highest BCUT2D eigenvalue weighted by atomic mass is 16.5. The highest BCUT2D eigenvalue weighted by molar-refractivity contribution is 6.25. The van der Waals surface area contributed by atoms with Gasteiger partial charge in [0.2, 0.25) is 0 Å². The van der Waals surface area contributed by atoms with Crippen LogP contribution in [0.3, 0.4) is 0 Å². The van der Waals surface area contributed by atoms with Crippen molar-refractivity contribution >= 4 is 23.2 Å². The number of hydrogen-bond acceptors (Lipinski definition) is 7. The van der Waals surface area contributed by atoms with Crippen LogP contribution in [0.25, 0.3) is 0 Å². The van der Waals surface area contributed by atoms with Gasteiger partial charge in [0, 0.05) is 32.1 Å². The van der Waals surface area contributed by atoms with Crippen LogP contribution in [0, 0.1) is 5.41 Å². The van der Waals surface area contributed by atoms with E-state index in [-0.39, 0.29) is 53.5 Å². The number of aromatic nitrogens is 1. The zero-order valence-electron chi connectivity index (χ0n) is 20.2. The molecule has 8 heteroatoms. The summed E-state index contributed by atoms with van der Waals surface area (Å²) in [4.78, 5) is 41.4. The van der Waals surface area contributed by atoms with E-state index in [1.54, 1.807) is 0 Å². The number of carbonyl (C=O) groups excluding carboxylic acids is 2. The molecule has 0 saturated heterocycles. The first kappa shape index (κ1) is 24.6. The number of ketones is 2. The maximum Gasteiger partial charge on any atom is 0.328 e. The number of nitrogens with zero attached hydrogens (tertiary/aromatic N) is 2. The molecule has 2 atom stereocenters. The first-order valence-electron chi connectivity index (χ1n) is 11.9. The fourth-order valence-corrected chi connectivity index (χ4v) is 4.95. The van der Waals surface area contributed by atoms with Gasteiger partial charge in [-0.1, -0.05) is 49.3 Å². The van der Waals surface area contributed by atoms with Crippen LogP contribution < -0.4 is 0 Å². The summed E-state index contributed by atoms with van der Waals surface area (Å²) in [6.07, 6.45) is 1.82. The van der Waals surface area contributed by atoms with E-state index in [1.165, 1.54) is 6.92 Å². The summed E-state index contributed by atoms with van der Waals surface area (Å²) in [6, 6.07) is 8.78. The minimum Gasteiger partial charge on any atom is -0.511 e. The molecule has 2 aliphatic carbocycles. The average Bonchev–Trinajstić information content (AvgIpc) is 3.20. The van der Waals surface area contributed by atoms with Gasteiger partial charge in [-0.25, -0.2) is 4.79 Å². The van der Waals surface area contributed by atoms with Gasteiger partial charge < -0.3 is 14.7 Å². The molecule has 2 aromatic rings. The van der Waals surface area contributed by atoms with E-state index >= 15 is 0 Å². The van der Waals surface area contributed by atoms with Crippen LogP contribution in [0.5, 0.6) is 0 Å². The molecule has 1 aromatic heterocycles. The Kier molecular flexibility index (Phi) is 6.74. The molecular formula is C27H30N2O6. The molecule has 35 heavy (non-hydrogen) atoms. The van der Waals surface area contributed by atoms with E-state index in [0.717, 1.165) is 5.56 Å². The van der Waals surface area contributed by atoms with Gasteiger partial charge in [0.15, 0.2) is 11.6 Å². The molecule has 1 heterocycles. The van der Waals surface area contributed by atoms with E-state index in [1.807, 2.05) is 44.2 Å². The van der Waals surface area contributed by atoms with Crippen molar-refractivity contribution in [2.45, 2.75) is 71.3 Å². The van der Waals surface area contributed by atoms with Crippen LogP contribution in [0.1, 0.15) is 79.7 Å². The Bertz CT molecular complexity index is 1220. The van der Waals surface area contributed by atoms with Crippen LogP contribution in [-0.2, 0) is 22.4 Å². The minimum atomic E-state index is -1.10. The number of aliphatic hydroxyl groups excluding tert-OH is 1. The normalized spacial score (nSPS) is 23.2. The van der Waals surface area contributed by atoms with Gasteiger partial charge >= 0.3 is 5.97 Å². The van der Waals surface area contributed by atoms with E-state index in [2.05, 4.69) is 10.1 Å². The van der Waals surface area contributed by atoms with Gasteiger partial charge in [-0.05, 0) is 30.2 Å². The molecule has 2 N–H and O–H groups in total. The van der Waals surface area contributed by atoms with Crippen molar-refractivity contribution in [3.8, 4) is 0 Å². The van der Waals surface area contributed by atoms with Gasteiger partial charge in [0.05, 0.1) is 22.5 Å². The topological polar surface area (TPSA) is 130 Å². The summed E-state index contributed by atoms with van der Waals surface area (Å²) in [5.41, 5.74) is 2.02. The number of aliphatic hydroxyl groups is 1. The Morgan fingerprint density at radius 2 is 1.86 bits per heavy atom. The molecule has 1 saturated carbocycles. The number of fused-ring (bicyclic) bond motifs is 1. The Morgan fingerprint density at radius 1 is 1.14 bits per heavy atom. The van der Waals surface area contributed by atoms with Crippen LogP contribution in [0.15, 0.2) is 51.2 Å². The predicted octanol–water partition coefficient (Wildman–Crippen LogP) is 4.64. The monoisotopic (exact) mass is 478 g/mol. The number of hydrogen-bond donors (Lipinski definition) is 2. The van der Waals surface area contributed by atoms with Crippen LogP contribution in [-0.4, -0.2) is 44.7 Å². The summed E-state index contributed by atoms with van der Waals surface area (Å²) in [6.45, 7) is 5.26. The maximum absolute atomic E-state index is 13.0. The third-order valence-electron chi connectivity index (χ3n) is 6.69. The zero-order valence-corrected chi connectivity index (χ0v) is 20.2. The second-order valence-corrected chi connectivity index (χ2v) is 10.2. The van der Waals surface area contributed by atoms with Gasteiger partial charge in [0.25, 0.3) is 0 Å². The van der Waals surface area contributed by atoms with Gasteiger partial charge in [-0.3, -0.25) is 14.6 Å². The number of benzene rings is 1. The standard InChI is InChI=1S/C27H30N2O6/c1-15(26(33)34)28-19-13-27(2,3)14-22(32)24(19)20(30)10-9-18-25-21(31)11-17(12-23(25)35-29-18)16-7-5-4-6-8-16/h4-8,15,17,30H,9-14H2,1-3H3,(H,33,34). The quantitative estimate of drug-likeness (QED) is 0.457. The third-order valence-corrected chi connectivity index (χ3v) is 6.69. The molecule has 1 aromatic carbocycles. The number of aryl methyl sites for hydroxylation is 1. The molecule has 2 aliphatic rings. The van der Waals surface area contributed by atoms with Crippen LogP contribution in [0.4, 0.5) is 0 Å². The van der Waals surface area contributed by atoms with Crippen molar-refractivity contribution in [3.63, 3.8) is 0 Å². The molecule has 0 amide bonds. The Morgan fingerprint density at radius 3 is 2.54 bits per heavy atom. The zero-order chi connectivity index (χ0) is 25.3. The largest absolute Gasteiger partial charge is 0.511 e. The fourth-order valence-electron chi connectivity index (χ4n) is 4.95. The average molecular weight is 479 g/mol. The van der Waals surface area contributed by atoms with Crippen LogP contribution >= 0.6 is 0 Å². The molecule has 4 rings (SSSR count). The molecule has 8 nitrogen and oxygen atoms in total. The van der Waals surface area contributed by atoms with Crippen molar-refractivity contribution in [2.24, 2.45) is 10.4 Å². The van der Waals surface area contributed by atoms with Crippen molar-refractivity contribution in [1.29, 1.82) is 0 Å². The molecular weight excluding hydrogens is 448 g/mol. The highest BCUT2D eigenvalue weighted by Crippen LogP contribution is 2.37. The van der Waals surface area contributed by atoms with E-state index in [9.17, 15) is 24.6 Å². The van der Waals surface area contributed by atoms with Crippen molar-refractivity contribution in [1.82, 2.24) is 5.16 Å². The number of carboxylic acid groups (broad SMARTS) is 1. The van der Waals surface area contributed by atoms with E-state index < -0.39 is 12.0 Å². The van der Waals surface area contributed by atoms with Crippen LogP contribution in [0.2, 0.25) is 0 Å². The van der Waals surface area contributed by atoms with Gasteiger partial charge in [0.1, 0.15) is 17.6 Å². The number of Topliss-reactive ketones (excluding diaryl/α,β-unsaturated/α-hetero) is 2. The van der Waals surface area contributed by atoms with Crippen molar-refractivity contribution in [3.05, 3.63) is 64.2 Å². The Labute approximate surface area is 203 Å². The summed E-state index contributed by atoms with van der Waals surface area (Å²) in [7, 11) is 0. The summed E-state index contributed by atoms with van der Waals surface area (Å²) < 4.78 is 5.51. The molecule has 1 fully saturated rings.